The first-order valence-electron chi connectivity index (χ1n) is 6.48. The third-order valence-corrected chi connectivity index (χ3v) is 3.09. The van der Waals surface area contributed by atoms with Crippen LogP contribution in [0.5, 0.6) is 0 Å². The number of hydrogen-bond donors (Lipinski definition) is 1. The maximum atomic E-state index is 4.50. The van der Waals surface area contributed by atoms with E-state index in [-0.39, 0.29) is 6.04 Å². The van der Waals surface area contributed by atoms with Gasteiger partial charge in [-0.15, -0.1) is 0 Å². The largest absolute Gasteiger partial charge is 0.336 e. The van der Waals surface area contributed by atoms with E-state index in [1.54, 1.807) is 0 Å². The molecule has 0 saturated heterocycles. The van der Waals surface area contributed by atoms with E-state index < -0.39 is 0 Å². The van der Waals surface area contributed by atoms with Crippen LogP contribution >= 0.6 is 0 Å². The summed E-state index contributed by atoms with van der Waals surface area (Å²) in [6.07, 6.45) is 8.71. The highest BCUT2D eigenvalue weighted by molar-refractivity contribution is 5.16. The van der Waals surface area contributed by atoms with E-state index in [0.29, 0.717) is 0 Å². The molecule has 98 valence electrons. The second kappa shape index (κ2) is 5.82. The summed E-state index contributed by atoms with van der Waals surface area (Å²) in [6, 6.07) is 0.104. The lowest BCUT2D eigenvalue weighted by atomic mass is 10.2. The number of nitrogens with zero attached hydrogens (tertiary/aromatic N) is 4. The smallest absolute Gasteiger partial charge is 0.132 e. The first-order valence-corrected chi connectivity index (χ1v) is 6.48. The molecule has 0 saturated carbocycles. The summed E-state index contributed by atoms with van der Waals surface area (Å²) in [5.74, 6) is 1.05. The summed E-state index contributed by atoms with van der Waals surface area (Å²) in [4.78, 5) is 8.70. The van der Waals surface area contributed by atoms with Crippen molar-refractivity contribution in [1.29, 1.82) is 0 Å². The van der Waals surface area contributed by atoms with E-state index in [9.17, 15) is 0 Å². The predicted octanol–water partition coefficient (Wildman–Crippen LogP) is 1.73. The fourth-order valence-electron chi connectivity index (χ4n) is 2.11. The Bertz CT molecular complexity index is 485. The monoisotopic (exact) mass is 247 g/mol. The van der Waals surface area contributed by atoms with E-state index in [4.69, 9.17) is 0 Å². The quantitative estimate of drug-likeness (QED) is 0.845. The molecule has 5 nitrogen and oxygen atoms in total. The Morgan fingerprint density at radius 2 is 2.22 bits per heavy atom. The molecule has 1 unspecified atom stereocenters. The Morgan fingerprint density at radius 3 is 2.83 bits per heavy atom. The Labute approximate surface area is 108 Å². The van der Waals surface area contributed by atoms with Gasteiger partial charge in [-0.25, -0.2) is 9.97 Å². The number of nitrogens with one attached hydrogen (secondary N) is 1. The van der Waals surface area contributed by atoms with Crippen LogP contribution < -0.4 is 5.32 Å². The molecule has 0 spiro atoms. The minimum Gasteiger partial charge on any atom is -0.336 e. The molecule has 5 heteroatoms. The van der Waals surface area contributed by atoms with Crippen LogP contribution in [0, 0.1) is 0 Å². The zero-order valence-corrected chi connectivity index (χ0v) is 11.3. The lowest BCUT2D eigenvalue weighted by Crippen LogP contribution is -2.27. The van der Waals surface area contributed by atoms with E-state index in [2.05, 4.69) is 33.7 Å². The maximum Gasteiger partial charge on any atom is 0.132 e. The second-order valence-electron chi connectivity index (χ2n) is 4.39. The van der Waals surface area contributed by atoms with Gasteiger partial charge in [0, 0.05) is 26.0 Å². The average molecular weight is 247 g/mol. The third-order valence-electron chi connectivity index (χ3n) is 3.09. The van der Waals surface area contributed by atoms with Crippen molar-refractivity contribution in [2.45, 2.75) is 32.9 Å². The van der Waals surface area contributed by atoms with Crippen LogP contribution in [0.3, 0.4) is 0 Å². The van der Waals surface area contributed by atoms with Crippen LogP contribution in [-0.4, -0.2) is 25.6 Å². The molecule has 18 heavy (non-hydrogen) atoms. The predicted molar refractivity (Wildman–Crippen MR) is 71.2 cm³/mol. The summed E-state index contributed by atoms with van der Waals surface area (Å²) < 4.78 is 4.21. The molecule has 0 fully saturated rings. The first kappa shape index (κ1) is 12.8. The molecule has 2 heterocycles. The summed E-state index contributed by atoms with van der Waals surface area (Å²) in [5, 5.41) is 3.55. The SMILES string of the molecule is CCCNC(c1cncn1C)c1nccn1CC. The van der Waals surface area contributed by atoms with Crippen molar-refractivity contribution in [3.63, 3.8) is 0 Å². The maximum absolute atomic E-state index is 4.50. The molecular weight excluding hydrogens is 226 g/mol. The summed E-state index contributed by atoms with van der Waals surface area (Å²) in [6.45, 7) is 6.19. The second-order valence-corrected chi connectivity index (χ2v) is 4.39. The van der Waals surface area contributed by atoms with Gasteiger partial charge in [0.05, 0.1) is 18.2 Å². The molecule has 0 amide bonds. The van der Waals surface area contributed by atoms with Crippen LogP contribution in [0.25, 0.3) is 0 Å². The van der Waals surface area contributed by atoms with Crippen molar-refractivity contribution >= 4 is 0 Å². The van der Waals surface area contributed by atoms with Crippen molar-refractivity contribution in [3.8, 4) is 0 Å². The molecule has 0 aromatic carbocycles. The highest BCUT2D eigenvalue weighted by atomic mass is 15.1. The fraction of sp³-hybridized carbons (Fsp3) is 0.538. The zero-order chi connectivity index (χ0) is 13.0. The van der Waals surface area contributed by atoms with Gasteiger partial charge in [0.2, 0.25) is 0 Å². The molecule has 0 bridgehead atoms. The van der Waals surface area contributed by atoms with Crippen molar-refractivity contribution < 1.29 is 0 Å². The van der Waals surface area contributed by atoms with Crippen LogP contribution in [0.4, 0.5) is 0 Å². The molecule has 0 radical (unpaired) electrons. The number of aromatic nitrogens is 4. The third kappa shape index (κ3) is 2.46. The van der Waals surface area contributed by atoms with Crippen LogP contribution in [0.15, 0.2) is 24.9 Å². The van der Waals surface area contributed by atoms with Crippen molar-refractivity contribution in [2.24, 2.45) is 7.05 Å². The van der Waals surface area contributed by atoms with E-state index in [1.165, 1.54) is 0 Å². The van der Waals surface area contributed by atoms with E-state index in [1.807, 2.05) is 36.5 Å². The molecule has 2 aromatic rings. The molecule has 1 N–H and O–H groups in total. The molecule has 2 aromatic heterocycles. The van der Waals surface area contributed by atoms with Gasteiger partial charge in [0.15, 0.2) is 0 Å². The van der Waals surface area contributed by atoms with Crippen LogP contribution in [-0.2, 0) is 13.6 Å². The minimum absolute atomic E-state index is 0.104. The zero-order valence-electron chi connectivity index (χ0n) is 11.3. The Balaban J connectivity index is 2.34. The number of aryl methyl sites for hydroxylation is 2. The average Bonchev–Trinajstić information content (AvgIpc) is 2.99. The van der Waals surface area contributed by atoms with Crippen molar-refractivity contribution in [2.75, 3.05) is 6.54 Å². The summed E-state index contributed by atoms with van der Waals surface area (Å²) >= 11 is 0. The lowest BCUT2D eigenvalue weighted by molar-refractivity contribution is 0.520. The molecule has 0 aliphatic rings. The van der Waals surface area contributed by atoms with Crippen LogP contribution in [0.2, 0.25) is 0 Å². The van der Waals surface area contributed by atoms with Gasteiger partial charge < -0.3 is 14.5 Å². The van der Waals surface area contributed by atoms with E-state index >= 15 is 0 Å². The highest BCUT2D eigenvalue weighted by Gasteiger charge is 2.20. The highest BCUT2D eigenvalue weighted by Crippen LogP contribution is 2.20. The van der Waals surface area contributed by atoms with Gasteiger partial charge in [-0.2, -0.15) is 0 Å². The molecule has 2 rings (SSSR count). The minimum atomic E-state index is 0.104. The lowest BCUT2D eigenvalue weighted by Gasteiger charge is -2.19. The molecule has 1 atom stereocenters. The Kier molecular flexibility index (Phi) is 4.15. The fourth-order valence-corrected chi connectivity index (χ4v) is 2.11. The number of hydrogen-bond acceptors (Lipinski definition) is 3. The van der Waals surface area contributed by atoms with Gasteiger partial charge in [-0.3, -0.25) is 0 Å². The first-order chi connectivity index (χ1) is 8.77. The number of imidazole rings is 2. The van der Waals surface area contributed by atoms with Gasteiger partial charge in [0.1, 0.15) is 11.9 Å². The van der Waals surface area contributed by atoms with Gasteiger partial charge in [-0.1, -0.05) is 6.92 Å². The Hall–Kier alpha value is -1.62. The summed E-state index contributed by atoms with van der Waals surface area (Å²) in [5.41, 5.74) is 1.14. The van der Waals surface area contributed by atoms with Gasteiger partial charge in [0.25, 0.3) is 0 Å². The van der Waals surface area contributed by atoms with Gasteiger partial charge >= 0.3 is 0 Å². The number of rotatable bonds is 6. The molecule has 0 aliphatic carbocycles. The van der Waals surface area contributed by atoms with Crippen molar-refractivity contribution in [1.82, 2.24) is 24.4 Å². The normalized spacial score (nSPS) is 12.8. The van der Waals surface area contributed by atoms with Gasteiger partial charge in [-0.05, 0) is 19.9 Å². The van der Waals surface area contributed by atoms with E-state index in [0.717, 1.165) is 31.0 Å². The van der Waals surface area contributed by atoms with Crippen LogP contribution in [0.1, 0.15) is 37.8 Å². The summed E-state index contributed by atoms with van der Waals surface area (Å²) in [7, 11) is 2.02. The standard InChI is InChI=1S/C13H21N5/c1-4-6-15-12(11-9-14-10-17(11)3)13-16-7-8-18(13)5-2/h7-10,12,15H,4-6H2,1-3H3. The Morgan fingerprint density at radius 1 is 1.39 bits per heavy atom. The molecular formula is C13H21N5. The topological polar surface area (TPSA) is 47.7 Å². The molecule has 0 aliphatic heterocycles. The van der Waals surface area contributed by atoms with Crippen molar-refractivity contribution in [3.05, 3.63) is 36.4 Å².